The smallest absolute Gasteiger partial charge is 0.159 e. The fourth-order valence-corrected chi connectivity index (χ4v) is 8.80. The number of hydrogen-bond donors (Lipinski definition) is 0. The summed E-state index contributed by atoms with van der Waals surface area (Å²) in [4.78, 5) is 7.27. The summed E-state index contributed by atoms with van der Waals surface area (Å²) in [6, 6.07) is 59.5. The predicted molar refractivity (Wildman–Crippen MR) is 217 cm³/mol. The van der Waals surface area contributed by atoms with Crippen molar-refractivity contribution < 1.29 is 8.83 Å². The van der Waals surface area contributed by atoms with Crippen LogP contribution in [0.2, 0.25) is 0 Å². The summed E-state index contributed by atoms with van der Waals surface area (Å²) in [7, 11) is 0. The number of benzene rings is 8. The van der Waals surface area contributed by atoms with Gasteiger partial charge in [0.1, 0.15) is 21.8 Å². The molecule has 0 unspecified atom stereocenters. The number of nitrogens with zero attached hydrogens (tertiary/aromatic N) is 2. The van der Waals surface area contributed by atoms with Crippen molar-refractivity contribution in [1.29, 1.82) is 0 Å². The van der Waals surface area contributed by atoms with E-state index in [0.717, 1.165) is 81.7 Å². The highest BCUT2D eigenvalue weighted by molar-refractivity contribution is 7.22. The summed E-state index contributed by atoms with van der Waals surface area (Å²) in [6.07, 6.45) is 0. The van der Waals surface area contributed by atoms with Crippen LogP contribution in [0.1, 0.15) is 0 Å². The Kier molecular flexibility index (Phi) is 6.39. The van der Waals surface area contributed by atoms with Crippen molar-refractivity contribution in [2.75, 3.05) is 4.90 Å². The van der Waals surface area contributed by atoms with Crippen LogP contribution in [0.5, 0.6) is 0 Å². The molecule has 52 heavy (non-hydrogen) atoms. The van der Waals surface area contributed by atoms with Gasteiger partial charge in [-0.15, -0.1) is 11.3 Å². The Balaban J connectivity index is 1.10. The van der Waals surface area contributed by atoms with E-state index in [1.165, 1.54) is 21.9 Å². The Bertz CT molecular complexity index is 3130. The van der Waals surface area contributed by atoms with Gasteiger partial charge in [0, 0.05) is 38.9 Å². The van der Waals surface area contributed by atoms with Gasteiger partial charge >= 0.3 is 0 Å². The first kappa shape index (κ1) is 29.1. The first-order valence-electron chi connectivity index (χ1n) is 17.4. The van der Waals surface area contributed by atoms with Gasteiger partial charge in [-0.2, -0.15) is 0 Å². The molecule has 0 saturated heterocycles. The van der Waals surface area contributed by atoms with Crippen LogP contribution >= 0.6 is 11.3 Å². The normalized spacial score (nSPS) is 11.8. The van der Waals surface area contributed by atoms with Crippen LogP contribution in [-0.2, 0) is 0 Å². The van der Waals surface area contributed by atoms with Crippen molar-refractivity contribution in [3.05, 3.63) is 170 Å². The first-order valence-corrected chi connectivity index (χ1v) is 18.2. The second kappa shape index (κ2) is 11.4. The number of aromatic nitrogens is 1. The van der Waals surface area contributed by atoms with Crippen molar-refractivity contribution in [3.63, 3.8) is 0 Å². The molecule has 0 spiro atoms. The van der Waals surface area contributed by atoms with E-state index in [1.54, 1.807) is 11.3 Å². The van der Waals surface area contributed by atoms with E-state index in [9.17, 15) is 0 Å². The van der Waals surface area contributed by atoms with E-state index < -0.39 is 0 Å². The van der Waals surface area contributed by atoms with Crippen LogP contribution in [0, 0.1) is 0 Å². The molecule has 0 N–H and O–H groups in total. The maximum Gasteiger partial charge on any atom is 0.159 e. The second-order valence-electron chi connectivity index (χ2n) is 13.1. The molecule has 0 atom stereocenters. The van der Waals surface area contributed by atoms with Gasteiger partial charge in [-0.25, -0.2) is 4.98 Å². The highest BCUT2D eigenvalue weighted by atomic mass is 32.1. The Hall–Kier alpha value is -6.69. The minimum atomic E-state index is 0.823. The van der Waals surface area contributed by atoms with E-state index in [4.69, 9.17) is 13.8 Å². The molecule has 244 valence electrons. The molecular weight excluding hydrogens is 657 g/mol. The average Bonchev–Trinajstić information content (AvgIpc) is 3.92. The molecule has 5 heteroatoms. The van der Waals surface area contributed by atoms with E-state index >= 15 is 0 Å². The van der Waals surface area contributed by atoms with Crippen molar-refractivity contribution in [2.24, 2.45) is 0 Å². The van der Waals surface area contributed by atoms with Gasteiger partial charge < -0.3 is 13.7 Å². The molecule has 4 nitrogen and oxygen atoms in total. The molecule has 11 aromatic rings. The van der Waals surface area contributed by atoms with E-state index in [2.05, 4.69) is 150 Å². The minimum absolute atomic E-state index is 0.823. The number of anilines is 3. The Morgan fingerprint density at radius 2 is 1.23 bits per heavy atom. The fourth-order valence-electron chi connectivity index (χ4n) is 7.68. The summed E-state index contributed by atoms with van der Waals surface area (Å²) >= 11 is 1.71. The maximum atomic E-state index is 6.62. The number of thiazole rings is 1. The van der Waals surface area contributed by atoms with Crippen molar-refractivity contribution >= 4 is 93.3 Å². The quantitative estimate of drug-likeness (QED) is 0.181. The lowest BCUT2D eigenvalue weighted by molar-refractivity contribution is 0.667. The average molecular weight is 685 g/mol. The van der Waals surface area contributed by atoms with Crippen LogP contribution in [0.15, 0.2) is 179 Å². The van der Waals surface area contributed by atoms with Gasteiger partial charge in [0.15, 0.2) is 5.58 Å². The summed E-state index contributed by atoms with van der Waals surface area (Å²) < 4.78 is 14.4. The highest BCUT2D eigenvalue weighted by Crippen LogP contribution is 2.45. The van der Waals surface area contributed by atoms with Gasteiger partial charge in [-0.1, -0.05) is 115 Å². The van der Waals surface area contributed by atoms with Gasteiger partial charge in [-0.05, 0) is 70.4 Å². The Morgan fingerprint density at radius 3 is 2.13 bits per heavy atom. The summed E-state index contributed by atoms with van der Waals surface area (Å²) in [5, 5.41) is 7.83. The Morgan fingerprint density at radius 1 is 0.481 bits per heavy atom. The third-order valence-corrected chi connectivity index (χ3v) is 11.2. The minimum Gasteiger partial charge on any atom is -0.456 e. The third kappa shape index (κ3) is 4.50. The number of fused-ring (bicyclic) bond motifs is 9. The summed E-state index contributed by atoms with van der Waals surface area (Å²) in [5.41, 5.74) is 10.8. The van der Waals surface area contributed by atoms with Crippen LogP contribution < -0.4 is 4.90 Å². The standard InChI is InChI=1S/C47H28N2O2S/c1-2-11-31(12-3-1)47-48-39-26-27-42-44(46(39)52-47)38-25-24-33(28-43(38)50-42)49(40-18-9-17-37-36-15-6-7-19-41(36)51-45(37)40)32-22-20-30(21-23-32)35-16-8-13-29-10-4-5-14-34(29)35/h1-28H. The molecule has 8 aromatic carbocycles. The summed E-state index contributed by atoms with van der Waals surface area (Å²) in [5.74, 6) is 0. The summed E-state index contributed by atoms with van der Waals surface area (Å²) in [6.45, 7) is 0. The molecule has 0 aliphatic rings. The molecule has 3 heterocycles. The van der Waals surface area contributed by atoms with Gasteiger partial charge in [0.05, 0.1) is 21.6 Å². The monoisotopic (exact) mass is 684 g/mol. The molecule has 0 saturated carbocycles. The highest BCUT2D eigenvalue weighted by Gasteiger charge is 2.22. The van der Waals surface area contributed by atoms with Crippen molar-refractivity contribution in [1.82, 2.24) is 4.98 Å². The van der Waals surface area contributed by atoms with Gasteiger partial charge in [0.2, 0.25) is 0 Å². The topological polar surface area (TPSA) is 42.4 Å². The zero-order valence-electron chi connectivity index (χ0n) is 27.8. The largest absolute Gasteiger partial charge is 0.456 e. The predicted octanol–water partition coefficient (Wildman–Crippen LogP) is 14.1. The number of furan rings is 2. The van der Waals surface area contributed by atoms with Crippen molar-refractivity contribution in [2.45, 2.75) is 0 Å². The maximum absolute atomic E-state index is 6.62. The molecule has 0 aliphatic heterocycles. The Labute approximate surface area is 302 Å². The van der Waals surface area contributed by atoms with Gasteiger partial charge in [0.25, 0.3) is 0 Å². The SMILES string of the molecule is c1ccc(-c2nc3ccc4oc5cc(N(c6ccc(-c7cccc8ccccc78)cc6)c6cccc7c6oc6ccccc67)ccc5c4c3s2)cc1. The lowest BCUT2D eigenvalue weighted by atomic mass is 9.98. The molecule has 0 radical (unpaired) electrons. The lowest BCUT2D eigenvalue weighted by Gasteiger charge is -2.25. The molecule has 0 bridgehead atoms. The third-order valence-electron chi connectivity index (χ3n) is 10.1. The zero-order chi connectivity index (χ0) is 34.2. The number of rotatable bonds is 5. The van der Waals surface area contributed by atoms with Gasteiger partial charge in [-0.3, -0.25) is 0 Å². The first-order chi connectivity index (χ1) is 25.8. The van der Waals surface area contributed by atoms with Crippen LogP contribution in [0.25, 0.3) is 86.6 Å². The van der Waals surface area contributed by atoms with E-state index in [1.807, 2.05) is 24.3 Å². The molecule has 11 rings (SSSR count). The molecule has 0 aliphatic carbocycles. The lowest BCUT2D eigenvalue weighted by Crippen LogP contribution is -2.10. The molecule has 3 aromatic heterocycles. The number of para-hydroxylation sites is 2. The zero-order valence-corrected chi connectivity index (χ0v) is 28.6. The van der Waals surface area contributed by atoms with Crippen LogP contribution in [0.3, 0.4) is 0 Å². The molecule has 0 fully saturated rings. The molecular formula is C47H28N2O2S. The fraction of sp³-hybridized carbons (Fsp3) is 0. The van der Waals surface area contributed by atoms with Crippen molar-refractivity contribution in [3.8, 4) is 21.7 Å². The number of hydrogen-bond acceptors (Lipinski definition) is 5. The van der Waals surface area contributed by atoms with E-state index in [-0.39, 0.29) is 0 Å². The molecule has 0 amide bonds. The van der Waals surface area contributed by atoms with Crippen LogP contribution in [0.4, 0.5) is 17.1 Å². The van der Waals surface area contributed by atoms with Crippen LogP contribution in [-0.4, -0.2) is 4.98 Å². The second-order valence-corrected chi connectivity index (χ2v) is 14.1. The van der Waals surface area contributed by atoms with E-state index in [0.29, 0.717) is 0 Å².